The summed E-state index contributed by atoms with van der Waals surface area (Å²) in [4.78, 5) is 14.3. The molecule has 0 spiro atoms. The summed E-state index contributed by atoms with van der Waals surface area (Å²) in [5.41, 5.74) is -3.27. The highest BCUT2D eigenvalue weighted by molar-refractivity contribution is 8.10. The zero-order chi connectivity index (χ0) is 28.1. The highest BCUT2D eigenvalue weighted by atomic mass is 32.3. The highest BCUT2D eigenvalue weighted by Gasteiger charge is 2.51. The van der Waals surface area contributed by atoms with Gasteiger partial charge in [0.25, 0.3) is 15.7 Å². The Morgan fingerprint density at radius 3 is 2.03 bits per heavy atom. The Bertz CT molecular complexity index is 938. The van der Waals surface area contributed by atoms with Crippen molar-refractivity contribution < 1.29 is 49.6 Å². The largest absolute Gasteiger partial charge is 0.433 e. The molecule has 0 atom stereocenters. The van der Waals surface area contributed by atoms with E-state index in [2.05, 4.69) is 14.3 Å². The molecule has 214 valence electrons. The molecule has 0 saturated carbocycles. The minimum atomic E-state index is -5.19. The molecule has 37 heavy (non-hydrogen) atoms. The van der Waals surface area contributed by atoms with E-state index in [1.54, 1.807) is 0 Å². The summed E-state index contributed by atoms with van der Waals surface area (Å²) >= 11 is -0.909. The first-order valence-electron chi connectivity index (χ1n) is 11.6. The van der Waals surface area contributed by atoms with Crippen molar-refractivity contribution in [3.63, 3.8) is 0 Å². The van der Waals surface area contributed by atoms with Crippen molar-refractivity contribution in [1.29, 1.82) is 0 Å². The van der Waals surface area contributed by atoms with E-state index in [-0.39, 0.29) is 13.1 Å². The third kappa shape index (κ3) is 10.6. The van der Waals surface area contributed by atoms with Crippen LogP contribution in [-0.2, 0) is 37.1 Å². The van der Waals surface area contributed by atoms with E-state index in [0.717, 1.165) is 37.8 Å². The fourth-order valence-corrected chi connectivity index (χ4v) is 5.22. The zero-order valence-corrected chi connectivity index (χ0v) is 22.1. The Morgan fingerprint density at radius 1 is 0.973 bits per heavy atom. The Kier molecular flexibility index (Phi) is 14.2. The fourth-order valence-electron chi connectivity index (χ4n) is 3.29. The fraction of sp³-hybridized carbons (Fsp3) is 0.714. The van der Waals surface area contributed by atoms with Crippen LogP contribution in [0.3, 0.4) is 0 Å². The van der Waals surface area contributed by atoms with E-state index in [0.29, 0.717) is 36.1 Å². The average Bonchev–Trinajstić information content (AvgIpc) is 2.81. The number of sulfonamides is 1. The first-order valence-corrected chi connectivity index (χ1v) is 13.8. The summed E-state index contributed by atoms with van der Waals surface area (Å²) in [6.45, 7) is 2.48. The van der Waals surface area contributed by atoms with Crippen molar-refractivity contribution in [1.82, 2.24) is 4.31 Å². The number of halogens is 5. The Balaban J connectivity index is 2.81. The first-order chi connectivity index (χ1) is 17.3. The molecule has 0 heterocycles. The maximum atomic E-state index is 14.6. The van der Waals surface area contributed by atoms with Gasteiger partial charge in [-0.05, 0) is 18.9 Å². The van der Waals surface area contributed by atoms with Crippen LogP contribution in [0.25, 0.3) is 0 Å². The summed E-state index contributed by atoms with van der Waals surface area (Å²) < 4.78 is 94.1. The lowest BCUT2D eigenvalue weighted by molar-refractivity contribution is -0.468. The number of nitro groups is 1. The van der Waals surface area contributed by atoms with Crippen LogP contribution in [0, 0.1) is 10.1 Å². The molecular weight excluding hydrogens is 551 g/mol. The number of benzene rings is 1. The van der Waals surface area contributed by atoms with E-state index in [4.69, 9.17) is 0 Å². The minimum absolute atomic E-state index is 0.111. The van der Waals surface area contributed by atoms with Crippen LogP contribution in [0.1, 0.15) is 76.3 Å². The average molecular weight is 583 g/mol. The number of hydrogen-bond donors (Lipinski definition) is 0. The number of nitrogens with zero attached hydrogens (tertiary/aromatic N) is 2. The van der Waals surface area contributed by atoms with Crippen LogP contribution in [-0.4, -0.2) is 35.3 Å². The standard InChI is InChI=1S/C21H31F5N2O7S2/c1-3-5-7-9-14-27(15-10-8-6-4-2)37(31,32)21(25,26)36-35-34-33-16-17-18(20(22,23)24)12-11-13-19(17)28(29)30/h11-13H,3-10,14-16H2,1-2H3. The van der Waals surface area contributed by atoms with E-state index in [1.807, 2.05) is 13.8 Å². The number of nitro benzene ring substituents is 1. The second kappa shape index (κ2) is 15.7. The van der Waals surface area contributed by atoms with Crippen LogP contribution in [0.15, 0.2) is 18.2 Å². The summed E-state index contributed by atoms with van der Waals surface area (Å²) in [6, 6.07) is 2.18. The molecule has 1 rings (SSSR count). The van der Waals surface area contributed by atoms with Gasteiger partial charge in [-0.15, -0.1) is 4.33 Å². The summed E-state index contributed by atoms with van der Waals surface area (Å²) in [7, 11) is -5.19. The summed E-state index contributed by atoms with van der Waals surface area (Å²) in [5.74, 6) is 0. The molecule has 1 aromatic rings. The molecule has 0 bridgehead atoms. The van der Waals surface area contributed by atoms with Gasteiger partial charge in [0.2, 0.25) is 0 Å². The lowest BCUT2D eigenvalue weighted by Crippen LogP contribution is -2.42. The second-order valence-corrected chi connectivity index (χ2v) is 11.1. The molecule has 16 heteroatoms. The van der Waals surface area contributed by atoms with Gasteiger partial charge in [0.05, 0.1) is 16.1 Å². The van der Waals surface area contributed by atoms with Crippen LogP contribution in [0.5, 0.6) is 0 Å². The molecule has 0 aromatic heterocycles. The summed E-state index contributed by atoms with van der Waals surface area (Å²) in [6.07, 6.45) is 0.508. The summed E-state index contributed by atoms with van der Waals surface area (Å²) in [5, 5.41) is 15.0. The normalized spacial score (nSPS) is 12.9. The van der Waals surface area contributed by atoms with E-state index >= 15 is 0 Å². The van der Waals surface area contributed by atoms with E-state index in [1.165, 1.54) is 0 Å². The van der Waals surface area contributed by atoms with E-state index in [9.17, 15) is 40.5 Å². The van der Waals surface area contributed by atoms with Crippen LogP contribution < -0.4 is 0 Å². The topological polar surface area (TPSA) is 108 Å². The van der Waals surface area contributed by atoms with Crippen molar-refractivity contribution in [2.24, 2.45) is 0 Å². The van der Waals surface area contributed by atoms with Gasteiger partial charge in [-0.3, -0.25) is 10.1 Å². The van der Waals surface area contributed by atoms with Crippen LogP contribution in [0.4, 0.5) is 27.6 Å². The number of rotatable bonds is 19. The van der Waals surface area contributed by atoms with Crippen molar-refractivity contribution in [2.75, 3.05) is 13.1 Å². The Labute approximate surface area is 216 Å². The predicted molar refractivity (Wildman–Crippen MR) is 126 cm³/mol. The smallest absolute Gasteiger partial charge is 0.258 e. The quantitative estimate of drug-likeness (QED) is 0.0429. The maximum Gasteiger partial charge on any atom is 0.433 e. The maximum absolute atomic E-state index is 14.6. The Morgan fingerprint density at radius 2 is 1.54 bits per heavy atom. The van der Waals surface area contributed by atoms with Gasteiger partial charge in [-0.25, -0.2) is 13.3 Å². The lowest BCUT2D eigenvalue weighted by atomic mass is 10.1. The molecule has 0 radical (unpaired) electrons. The third-order valence-electron chi connectivity index (χ3n) is 5.23. The Hall–Kier alpha value is -1.59. The molecule has 0 aliphatic heterocycles. The molecule has 0 N–H and O–H groups in total. The number of alkyl halides is 5. The molecular formula is C21H31F5N2O7S2. The van der Waals surface area contributed by atoms with Gasteiger partial charge in [-0.1, -0.05) is 63.5 Å². The van der Waals surface area contributed by atoms with Gasteiger partial charge in [0, 0.05) is 19.2 Å². The van der Waals surface area contributed by atoms with Gasteiger partial charge in [-0.2, -0.15) is 26.3 Å². The minimum Gasteiger partial charge on any atom is -0.258 e. The molecule has 0 unspecified atom stereocenters. The van der Waals surface area contributed by atoms with Crippen molar-refractivity contribution in [3.05, 3.63) is 39.4 Å². The first kappa shape index (κ1) is 33.4. The van der Waals surface area contributed by atoms with Gasteiger partial charge in [0.1, 0.15) is 18.6 Å². The number of hydrogen-bond acceptors (Lipinski definition) is 8. The zero-order valence-electron chi connectivity index (χ0n) is 20.5. The molecule has 0 fully saturated rings. The molecule has 9 nitrogen and oxygen atoms in total. The molecule has 1 aromatic carbocycles. The van der Waals surface area contributed by atoms with Crippen molar-refractivity contribution >= 4 is 27.8 Å². The van der Waals surface area contributed by atoms with Crippen LogP contribution >= 0.6 is 12.0 Å². The number of unbranched alkanes of at least 4 members (excludes halogenated alkanes) is 6. The van der Waals surface area contributed by atoms with Crippen molar-refractivity contribution in [2.45, 2.75) is 82.6 Å². The molecule has 0 aliphatic carbocycles. The predicted octanol–water partition coefficient (Wildman–Crippen LogP) is 6.98. The van der Waals surface area contributed by atoms with Gasteiger partial charge >= 0.3 is 10.8 Å². The second-order valence-electron chi connectivity index (χ2n) is 8.03. The SMILES string of the molecule is CCCCCCN(CCCCCC)S(=O)(=O)C(F)(F)SOOOCc1c([N+](=O)[O-])cccc1C(F)(F)F. The lowest BCUT2D eigenvalue weighted by Gasteiger charge is -2.26. The molecule has 0 aliphatic rings. The van der Waals surface area contributed by atoms with E-state index < -0.39 is 61.2 Å². The third-order valence-corrected chi connectivity index (χ3v) is 8.03. The molecule has 0 saturated heterocycles. The highest BCUT2D eigenvalue weighted by Crippen LogP contribution is 2.39. The molecule has 0 amide bonds. The van der Waals surface area contributed by atoms with Crippen molar-refractivity contribution in [3.8, 4) is 0 Å². The monoisotopic (exact) mass is 582 g/mol. The van der Waals surface area contributed by atoms with Gasteiger partial charge in [0.15, 0.2) is 0 Å². The van der Waals surface area contributed by atoms with Gasteiger partial charge < -0.3 is 0 Å². The van der Waals surface area contributed by atoms with Crippen LogP contribution in [0.2, 0.25) is 0 Å².